The molecule has 1 fully saturated rings. The lowest BCUT2D eigenvalue weighted by atomic mass is 10.1. The number of ether oxygens (including phenoxy) is 1. The summed E-state index contributed by atoms with van der Waals surface area (Å²) in [6.07, 6.45) is -0.0945. The first-order valence-corrected chi connectivity index (χ1v) is 6.25. The molecule has 1 aromatic rings. The number of anilines is 1. The summed E-state index contributed by atoms with van der Waals surface area (Å²) in [6.45, 7) is -0.0242. The fourth-order valence-corrected chi connectivity index (χ4v) is 2.31. The summed E-state index contributed by atoms with van der Waals surface area (Å²) >= 11 is 0. The topological polar surface area (TPSA) is 127 Å². The van der Waals surface area contributed by atoms with Crippen LogP contribution in [-0.4, -0.2) is 41.5 Å². The molecule has 9 heteroatoms. The quantitative estimate of drug-likeness (QED) is 0.495. The number of rotatable bonds is 4. The maximum atomic E-state index is 12.0. The van der Waals surface area contributed by atoms with E-state index in [2.05, 4.69) is 4.74 Å². The SMILES string of the molecule is COC(=O)C1CC(=O)N(c2ccc([N+](=O)[O-])cc2C(=O)O)C1. The summed E-state index contributed by atoms with van der Waals surface area (Å²) < 4.78 is 4.57. The van der Waals surface area contributed by atoms with Crippen molar-refractivity contribution < 1.29 is 29.2 Å². The number of carbonyl (C=O) groups excluding carboxylic acids is 2. The average Bonchev–Trinajstić information content (AvgIpc) is 2.87. The molecule has 116 valence electrons. The number of nitro benzene ring substituents is 1. The van der Waals surface area contributed by atoms with Gasteiger partial charge in [0.25, 0.3) is 5.69 Å². The van der Waals surface area contributed by atoms with Crippen LogP contribution in [0.25, 0.3) is 0 Å². The number of methoxy groups -OCH3 is 1. The lowest BCUT2D eigenvalue weighted by Crippen LogP contribution is -2.27. The fourth-order valence-electron chi connectivity index (χ4n) is 2.31. The molecule has 0 bridgehead atoms. The maximum absolute atomic E-state index is 12.0. The van der Waals surface area contributed by atoms with Crippen molar-refractivity contribution in [2.45, 2.75) is 6.42 Å². The highest BCUT2D eigenvalue weighted by atomic mass is 16.6. The van der Waals surface area contributed by atoms with Crippen LogP contribution in [0.4, 0.5) is 11.4 Å². The summed E-state index contributed by atoms with van der Waals surface area (Å²) in [5, 5.41) is 19.9. The van der Waals surface area contributed by atoms with Crippen molar-refractivity contribution >= 4 is 29.2 Å². The van der Waals surface area contributed by atoms with Gasteiger partial charge in [0.2, 0.25) is 5.91 Å². The molecule has 1 aliphatic rings. The number of carbonyl (C=O) groups is 3. The standard InChI is InChI=1S/C13H12N2O7/c1-22-13(19)7-4-11(16)14(6-7)10-3-2-8(15(20)21)5-9(10)12(17)18/h2-3,5,7H,4,6H2,1H3,(H,17,18). The molecule has 2 rings (SSSR count). The Labute approximate surface area is 124 Å². The highest BCUT2D eigenvalue weighted by Crippen LogP contribution is 2.31. The first kappa shape index (κ1) is 15.4. The lowest BCUT2D eigenvalue weighted by molar-refractivity contribution is -0.384. The monoisotopic (exact) mass is 308 g/mol. The molecule has 1 aromatic carbocycles. The van der Waals surface area contributed by atoms with Gasteiger partial charge < -0.3 is 14.7 Å². The predicted molar refractivity (Wildman–Crippen MR) is 72.5 cm³/mol. The number of hydrogen-bond donors (Lipinski definition) is 1. The first-order valence-electron chi connectivity index (χ1n) is 6.25. The molecule has 0 spiro atoms. The zero-order valence-corrected chi connectivity index (χ0v) is 11.5. The number of esters is 1. The van der Waals surface area contributed by atoms with Gasteiger partial charge >= 0.3 is 11.9 Å². The van der Waals surface area contributed by atoms with E-state index in [1.807, 2.05) is 0 Å². The van der Waals surface area contributed by atoms with Crippen LogP contribution < -0.4 is 4.90 Å². The summed E-state index contributed by atoms with van der Waals surface area (Å²) in [4.78, 5) is 45.9. The van der Waals surface area contributed by atoms with Crippen LogP contribution >= 0.6 is 0 Å². The summed E-state index contributed by atoms with van der Waals surface area (Å²) in [6, 6.07) is 3.19. The van der Waals surface area contributed by atoms with Gasteiger partial charge in [-0.05, 0) is 6.07 Å². The Morgan fingerprint density at radius 2 is 2.14 bits per heavy atom. The van der Waals surface area contributed by atoms with Crippen LogP contribution in [0, 0.1) is 16.0 Å². The minimum absolute atomic E-state index is 0.0227. The summed E-state index contributed by atoms with van der Waals surface area (Å²) in [7, 11) is 1.20. The van der Waals surface area contributed by atoms with Crippen molar-refractivity contribution in [1.82, 2.24) is 0 Å². The molecule has 0 aliphatic carbocycles. The molecule has 1 amide bonds. The summed E-state index contributed by atoms with van der Waals surface area (Å²) in [5.41, 5.74) is -0.736. The highest BCUT2D eigenvalue weighted by Gasteiger charge is 2.37. The van der Waals surface area contributed by atoms with Crippen molar-refractivity contribution in [2.24, 2.45) is 5.92 Å². The van der Waals surface area contributed by atoms with E-state index in [0.29, 0.717) is 0 Å². The second-order valence-corrected chi connectivity index (χ2v) is 4.69. The predicted octanol–water partition coefficient (Wildman–Crippen LogP) is 0.819. The minimum atomic E-state index is -1.40. The third-order valence-corrected chi connectivity index (χ3v) is 3.37. The van der Waals surface area contributed by atoms with E-state index in [4.69, 9.17) is 0 Å². The average molecular weight is 308 g/mol. The second kappa shape index (κ2) is 5.80. The molecule has 0 saturated carbocycles. The highest BCUT2D eigenvalue weighted by molar-refractivity contribution is 6.05. The third kappa shape index (κ3) is 2.73. The van der Waals surface area contributed by atoms with E-state index in [0.717, 1.165) is 17.0 Å². The van der Waals surface area contributed by atoms with E-state index < -0.39 is 34.4 Å². The molecule has 0 aromatic heterocycles. The Morgan fingerprint density at radius 1 is 1.45 bits per heavy atom. The van der Waals surface area contributed by atoms with E-state index in [1.54, 1.807) is 0 Å². The first-order chi connectivity index (χ1) is 10.3. The molecule has 1 atom stereocenters. The zero-order valence-electron chi connectivity index (χ0n) is 11.5. The van der Waals surface area contributed by atoms with Gasteiger partial charge in [-0.2, -0.15) is 0 Å². The lowest BCUT2D eigenvalue weighted by Gasteiger charge is -2.18. The molecule has 1 heterocycles. The number of carboxylic acids is 1. The largest absolute Gasteiger partial charge is 0.478 e. The smallest absolute Gasteiger partial charge is 0.338 e. The van der Waals surface area contributed by atoms with E-state index in [-0.39, 0.29) is 24.2 Å². The fraction of sp³-hybridized carbons (Fsp3) is 0.308. The van der Waals surface area contributed by atoms with Gasteiger partial charge in [-0.25, -0.2) is 4.79 Å². The Hall–Kier alpha value is -2.97. The Bertz CT molecular complexity index is 670. The van der Waals surface area contributed by atoms with Crippen LogP contribution in [0.5, 0.6) is 0 Å². The third-order valence-electron chi connectivity index (χ3n) is 3.37. The number of benzene rings is 1. The number of carboxylic acid groups (broad SMARTS) is 1. The molecule has 9 nitrogen and oxygen atoms in total. The van der Waals surface area contributed by atoms with Gasteiger partial charge in [-0.3, -0.25) is 19.7 Å². The van der Waals surface area contributed by atoms with Crippen molar-refractivity contribution in [3.05, 3.63) is 33.9 Å². The van der Waals surface area contributed by atoms with Gasteiger partial charge in [0, 0.05) is 25.1 Å². The minimum Gasteiger partial charge on any atom is -0.478 e. The van der Waals surface area contributed by atoms with Crippen molar-refractivity contribution in [3.63, 3.8) is 0 Å². The van der Waals surface area contributed by atoms with Gasteiger partial charge in [-0.15, -0.1) is 0 Å². The van der Waals surface area contributed by atoms with E-state index in [9.17, 15) is 29.6 Å². The number of nitro groups is 1. The van der Waals surface area contributed by atoms with Gasteiger partial charge in [0.1, 0.15) is 0 Å². The van der Waals surface area contributed by atoms with Gasteiger partial charge in [0.15, 0.2) is 0 Å². The molecular formula is C13H12N2O7. The van der Waals surface area contributed by atoms with Crippen LogP contribution in [0.1, 0.15) is 16.8 Å². The molecule has 1 aliphatic heterocycles. The van der Waals surface area contributed by atoms with E-state index >= 15 is 0 Å². The second-order valence-electron chi connectivity index (χ2n) is 4.69. The Morgan fingerprint density at radius 3 is 2.68 bits per heavy atom. The Kier molecular flexibility index (Phi) is 4.06. The van der Waals surface area contributed by atoms with Crippen LogP contribution in [0.15, 0.2) is 18.2 Å². The summed E-state index contributed by atoms with van der Waals surface area (Å²) in [5.74, 6) is -3.08. The van der Waals surface area contributed by atoms with Crippen molar-refractivity contribution in [2.75, 3.05) is 18.6 Å². The molecular weight excluding hydrogens is 296 g/mol. The number of hydrogen-bond acceptors (Lipinski definition) is 6. The van der Waals surface area contributed by atoms with Gasteiger partial charge in [-0.1, -0.05) is 0 Å². The van der Waals surface area contributed by atoms with Crippen LogP contribution in [0.2, 0.25) is 0 Å². The zero-order chi connectivity index (χ0) is 16.4. The molecule has 1 saturated heterocycles. The van der Waals surface area contributed by atoms with Crippen LogP contribution in [-0.2, 0) is 14.3 Å². The number of non-ortho nitro benzene ring substituents is 1. The Balaban J connectivity index is 2.40. The van der Waals surface area contributed by atoms with Gasteiger partial charge in [0.05, 0.1) is 29.2 Å². The van der Waals surface area contributed by atoms with Crippen molar-refractivity contribution in [1.29, 1.82) is 0 Å². The molecule has 0 radical (unpaired) electrons. The molecule has 22 heavy (non-hydrogen) atoms. The number of amides is 1. The number of nitrogens with zero attached hydrogens (tertiary/aromatic N) is 2. The van der Waals surface area contributed by atoms with E-state index in [1.165, 1.54) is 13.2 Å². The van der Waals surface area contributed by atoms with Crippen LogP contribution in [0.3, 0.4) is 0 Å². The molecule has 1 unspecified atom stereocenters. The van der Waals surface area contributed by atoms with Crippen molar-refractivity contribution in [3.8, 4) is 0 Å². The number of aromatic carboxylic acids is 1. The normalized spacial score (nSPS) is 17.4. The molecule has 1 N–H and O–H groups in total. The maximum Gasteiger partial charge on any atom is 0.338 e.